The number of nitrogens with two attached hydrogens (primary N) is 1. The molecule has 1 atom stereocenters. The Morgan fingerprint density at radius 1 is 1.20 bits per heavy atom. The SMILES string of the molecule is CCCC1(N)CN(c2ncc(-c3n[nH]c4ccc(O[C@H](C)c5c(Cl)cncc5Cl)cc34)cc2F)C1. The molecule has 0 saturated carbocycles. The first-order valence-corrected chi connectivity index (χ1v) is 12.2. The fraction of sp³-hybridized carbons (Fsp3) is 0.320. The maximum atomic E-state index is 15.0. The van der Waals surface area contributed by atoms with Crippen molar-refractivity contribution in [2.45, 2.75) is 38.3 Å². The number of nitrogens with zero attached hydrogens (tertiary/aromatic N) is 4. The highest BCUT2D eigenvalue weighted by atomic mass is 35.5. The fourth-order valence-corrected chi connectivity index (χ4v) is 5.34. The molecule has 0 spiro atoms. The Balaban J connectivity index is 1.40. The van der Waals surface area contributed by atoms with Crippen LogP contribution in [-0.2, 0) is 0 Å². The Morgan fingerprint density at radius 3 is 2.63 bits per heavy atom. The van der Waals surface area contributed by atoms with Crippen molar-refractivity contribution >= 4 is 39.9 Å². The molecule has 35 heavy (non-hydrogen) atoms. The van der Waals surface area contributed by atoms with Crippen molar-refractivity contribution in [2.75, 3.05) is 18.0 Å². The summed E-state index contributed by atoms with van der Waals surface area (Å²) in [4.78, 5) is 10.3. The second-order valence-electron chi connectivity index (χ2n) is 9.05. The van der Waals surface area contributed by atoms with Crippen LogP contribution < -0.4 is 15.4 Å². The third kappa shape index (κ3) is 4.53. The fourth-order valence-electron chi connectivity index (χ4n) is 4.67. The van der Waals surface area contributed by atoms with E-state index in [0.717, 1.165) is 23.7 Å². The van der Waals surface area contributed by atoms with Crippen molar-refractivity contribution in [1.29, 1.82) is 0 Å². The number of halogens is 3. The van der Waals surface area contributed by atoms with Gasteiger partial charge in [0, 0.05) is 48.2 Å². The lowest BCUT2D eigenvalue weighted by Crippen LogP contribution is -2.67. The number of rotatable bonds is 7. The van der Waals surface area contributed by atoms with E-state index in [0.29, 0.717) is 51.5 Å². The molecule has 1 fully saturated rings. The summed E-state index contributed by atoms with van der Waals surface area (Å²) in [7, 11) is 0. The average Bonchev–Trinajstić information content (AvgIpc) is 3.21. The number of benzene rings is 1. The molecular weight excluding hydrogens is 490 g/mol. The molecule has 182 valence electrons. The lowest BCUT2D eigenvalue weighted by molar-refractivity contribution is 0.227. The van der Waals surface area contributed by atoms with Gasteiger partial charge in [0.15, 0.2) is 11.6 Å². The number of anilines is 1. The van der Waals surface area contributed by atoms with E-state index in [4.69, 9.17) is 33.7 Å². The van der Waals surface area contributed by atoms with Crippen LogP contribution in [-0.4, -0.2) is 38.8 Å². The minimum atomic E-state index is -0.414. The smallest absolute Gasteiger partial charge is 0.166 e. The molecule has 0 unspecified atom stereocenters. The number of fused-ring (bicyclic) bond motifs is 1. The molecule has 0 aliphatic carbocycles. The number of pyridine rings is 2. The molecule has 1 saturated heterocycles. The monoisotopic (exact) mass is 514 g/mol. The van der Waals surface area contributed by atoms with Gasteiger partial charge in [0.25, 0.3) is 0 Å². The number of H-pyrrole nitrogens is 1. The van der Waals surface area contributed by atoms with Crippen molar-refractivity contribution in [2.24, 2.45) is 5.73 Å². The molecule has 3 N–H and O–H groups in total. The molecule has 4 aromatic rings. The van der Waals surface area contributed by atoms with Gasteiger partial charge in [-0.25, -0.2) is 9.37 Å². The Morgan fingerprint density at radius 2 is 1.94 bits per heavy atom. The summed E-state index contributed by atoms with van der Waals surface area (Å²) in [5.41, 5.74) is 8.66. The summed E-state index contributed by atoms with van der Waals surface area (Å²) in [6, 6.07) is 6.99. The van der Waals surface area contributed by atoms with Gasteiger partial charge in [-0.3, -0.25) is 10.1 Å². The van der Waals surface area contributed by atoms with Crippen LogP contribution in [0.15, 0.2) is 42.9 Å². The van der Waals surface area contributed by atoms with Gasteiger partial charge in [0.2, 0.25) is 0 Å². The zero-order valence-electron chi connectivity index (χ0n) is 19.4. The molecule has 1 aliphatic heterocycles. The first-order chi connectivity index (χ1) is 16.8. The lowest BCUT2D eigenvalue weighted by atomic mass is 9.86. The van der Waals surface area contributed by atoms with Crippen molar-refractivity contribution in [3.63, 3.8) is 0 Å². The van der Waals surface area contributed by atoms with Gasteiger partial charge < -0.3 is 15.4 Å². The zero-order valence-corrected chi connectivity index (χ0v) is 20.9. The van der Waals surface area contributed by atoms with E-state index in [2.05, 4.69) is 27.1 Å². The minimum Gasteiger partial charge on any atom is -0.486 e. The van der Waals surface area contributed by atoms with E-state index in [1.165, 1.54) is 18.5 Å². The van der Waals surface area contributed by atoms with Crippen LogP contribution in [0.1, 0.15) is 38.4 Å². The Kier molecular flexibility index (Phi) is 6.29. The molecule has 4 heterocycles. The molecule has 10 heteroatoms. The van der Waals surface area contributed by atoms with Gasteiger partial charge in [0.05, 0.1) is 21.1 Å². The Hall–Kier alpha value is -2.94. The maximum Gasteiger partial charge on any atom is 0.166 e. The average molecular weight is 515 g/mol. The van der Waals surface area contributed by atoms with Gasteiger partial charge in [-0.15, -0.1) is 0 Å². The van der Waals surface area contributed by atoms with E-state index in [-0.39, 0.29) is 5.54 Å². The van der Waals surface area contributed by atoms with Gasteiger partial charge in [0.1, 0.15) is 17.5 Å². The highest BCUT2D eigenvalue weighted by Gasteiger charge is 2.40. The van der Waals surface area contributed by atoms with Crippen LogP contribution in [0.25, 0.3) is 22.2 Å². The predicted octanol–water partition coefficient (Wildman–Crippen LogP) is 5.92. The van der Waals surface area contributed by atoms with Crippen molar-refractivity contribution in [3.8, 4) is 17.0 Å². The first-order valence-electron chi connectivity index (χ1n) is 11.4. The number of hydrogen-bond donors (Lipinski definition) is 2. The molecule has 3 aromatic heterocycles. The van der Waals surface area contributed by atoms with E-state index >= 15 is 4.39 Å². The molecular formula is C25H25Cl2FN6O. The van der Waals surface area contributed by atoms with Crippen molar-refractivity contribution in [1.82, 2.24) is 20.2 Å². The van der Waals surface area contributed by atoms with E-state index < -0.39 is 11.9 Å². The van der Waals surface area contributed by atoms with Gasteiger partial charge in [-0.05, 0) is 37.6 Å². The molecule has 1 aromatic carbocycles. The van der Waals surface area contributed by atoms with Crippen LogP contribution in [0, 0.1) is 5.82 Å². The van der Waals surface area contributed by atoms with Crippen LogP contribution in [0.4, 0.5) is 10.2 Å². The van der Waals surface area contributed by atoms with E-state index in [9.17, 15) is 0 Å². The summed E-state index contributed by atoms with van der Waals surface area (Å²) in [5.74, 6) is 0.507. The standard InChI is InChI=1S/C25H25Cl2FN6O/c1-3-6-25(29)12-34(13-25)24-20(28)7-15(9-31-24)23-17-8-16(4-5-21(17)32-33-23)35-14(2)22-18(26)10-30-11-19(22)27/h4-5,7-11,14H,3,6,12-13,29H2,1-2H3,(H,32,33)/t14-/m1/s1. The molecule has 5 rings (SSSR count). The number of aromatic nitrogens is 4. The van der Waals surface area contributed by atoms with Crippen LogP contribution in [0.2, 0.25) is 10.0 Å². The number of nitrogens with one attached hydrogen (secondary N) is 1. The number of hydrogen-bond acceptors (Lipinski definition) is 6. The van der Waals surface area contributed by atoms with E-state index in [1.54, 1.807) is 6.20 Å². The normalized spacial score (nSPS) is 15.8. The molecule has 0 radical (unpaired) electrons. The predicted molar refractivity (Wildman–Crippen MR) is 137 cm³/mol. The van der Waals surface area contributed by atoms with Crippen LogP contribution in [0.3, 0.4) is 0 Å². The summed E-state index contributed by atoms with van der Waals surface area (Å²) in [6.45, 7) is 5.15. The Bertz CT molecular complexity index is 1370. The highest BCUT2D eigenvalue weighted by Crippen LogP contribution is 2.36. The van der Waals surface area contributed by atoms with Gasteiger partial charge in [-0.2, -0.15) is 5.10 Å². The molecule has 0 amide bonds. The number of aromatic amines is 1. The highest BCUT2D eigenvalue weighted by molar-refractivity contribution is 6.35. The first kappa shape index (κ1) is 23.8. The topological polar surface area (TPSA) is 93.0 Å². The number of ether oxygens (including phenoxy) is 1. The summed E-state index contributed by atoms with van der Waals surface area (Å²) < 4.78 is 21.1. The third-order valence-corrected chi connectivity index (χ3v) is 6.90. The van der Waals surface area contributed by atoms with E-state index in [1.807, 2.05) is 30.0 Å². The zero-order chi connectivity index (χ0) is 24.7. The summed E-state index contributed by atoms with van der Waals surface area (Å²) in [5, 5.41) is 9.03. The third-order valence-electron chi connectivity index (χ3n) is 6.30. The van der Waals surface area contributed by atoms with Crippen molar-refractivity contribution < 1.29 is 9.13 Å². The van der Waals surface area contributed by atoms with Crippen LogP contribution >= 0.6 is 23.2 Å². The Labute approximate surface area is 212 Å². The lowest BCUT2D eigenvalue weighted by Gasteiger charge is -2.48. The van der Waals surface area contributed by atoms with Crippen LogP contribution in [0.5, 0.6) is 5.75 Å². The van der Waals surface area contributed by atoms with Gasteiger partial charge in [-0.1, -0.05) is 36.5 Å². The molecule has 7 nitrogen and oxygen atoms in total. The maximum absolute atomic E-state index is 15.0. The minimum absolute atomic E-state index is 0.266. The summed E-state index contributed by atoms with van der Waals surface area (Å²) in [6.07, 6.45) is 6.19. The second kappa shape index (κ2) is 9.26. The molecule has 0 bridgehead atoms. The largest absolute Gasteiger partial charge is 0.486 e. The van der Waals surface area contributed by atoms with Crippen molar-refractivity contribution in [3.05, 3.63) is 64.3 Å². The second-order valence-corrected chi connectivity index (χ2v) is 9.87. The quantitative estimate of drug-likeness (QED) is 0.317. The summed E-state index contributed by atoms with van der Waals surface area (Å²) >= 11 is 12.5. The molecule has 1 aliphatic rings. The van der Waals surface area contributed by atoms with Gasteiger partial charge >= 0.3 is 0 Å².